The van der Waals surface area contributed by atoms with Gasteiger partial charge in [-0.2, -0.15) is 5.26 Å². The summed E-state index contributed by atoms with van der Waals surface area (Å²) in [4.78, 5) is 0. The minimum absolute atomic E-state index is 0.512. The van der Waals surface area contributed by atoms with Crippen LogP contribution in [-0.4, -0.2) is 5.11 Å². The van der Waals surface area contributed by atoms with E-state index in [9.17, 15) is 10.4 Å². The Balaban J connectivity index is 2.20. The molecule has 1 N–H and O–H groups in total. The first kappa shape index (κ1) is 11.2. The van der Waals surface area contributed by atoms with E-state index in [0.29, 0.717) is 11.7 Å². The third-order valence-corrected chi connectivity index (χ3v) is 3.79. The van der Waals surface area contributed by atoms with Crippen LogP contribution in [0.1, 0.15) is 44.5 Å². The molecule has 3 unspecified atom stereocenters. The lowest BCUT2D eigenvalue weighted by molar-refractivity contribution is 0.0450. The van der Waals surface area contributed by atoms with Crippen molar-refractivity contribution in [1.29, 1.82) is 5.26 Å². The highest BCUT2D eigenvalue weighted by Gasteiger charge is 2.46. The lowest BCUT2D eigenvalue weighted by atomic mass is 9.80. The molecular weight excluding hydrogens is 202 g/mol. The number of hydrogen-bond donors (Lipinski definition) is 1. The van der Waals surface area contributed by atoms with E-state index in [1.54, 1.807) is 12.1 Å². The molecule has 3 atom stereocenters. The van der Waals surface area contributed by atoms with Crippen LogP contribution in [0.5, 0.6) is 0 Å². The summed E-state index contributed by atoms with van der Waals surface area (Å²) in [5.74, 6) is 1.07. The summed E-state index contributed by atoms with van der Waals surface area (Å²) in [7, 11) is 0. The van der Waals surface area contributed by atoms with Gasteiger partial charge >= 0.3 is 0 Å². The molecule has 0 amide bonds. The second kappa shape index (κ2) is 4.31. The van der Waals surface area contributed by atoms with Crippen LogP contribution in [-0.2, 0) is 0 Å². The largest absolute Gasteiger partial charge is 0.467 e. The van der Waals surface area contributed by atoms with Crippen LogP contribution in [0.4, 0.5) is 0 Å². The Bertz CT molecular complexity index is 379. The van der Waals surface area contributed by atoms with Gasteiger partial charge in [-0.1, -0.05) is 13.3 Å². The molecule has 0 aliphatic heterocycles. The molecule has 0 saturated heterocycles. The quantitative estimate of drug-likeness (QED) is 0.850. The normalized spacial score (nSPS) is 31.2. The van der Waals surface area contributed by atoms with Crippen molar-refractivity contribution >= 4 is 0 Å². The Hall–Kier alpha value is -1.27. The van der Waals surface area contributed by atoms with Crippen molar-refractivity contribution in [2.24, 2.45) is 11.3 Å². The lowest BCUT2D eigenvalue weighted by Gasteiger charge is -2.25. The Morgan fingerprint density at radius 3 is 3.06 bits per heavy atom. The molecule has 3 nitrogen and oxygen atoms in total. The van der Waals surface area contributed by atoms with Gasteiger partial charge in [-0.15, -0.1) is 0 Å². The molecule has 0 bridgehead atoms. The van der Waals surface area contributed by atoms with E-state index in [0.717, 1.165) is 25.7 Å². The minimum Gasteiger partial charge on any atom is -0.467 e. The molecule has 0 aromatic carbocycles. The zero-order chi connectivity index (χ0) is 11.6. The number of rotatable bonds is 3. The molecule has 2 rings (SSSR count). The van der Waals surface area contributed by atoms with Crippen molar-refractivity contribution in [1.82, 2.24) is 0 Å². The lowest BCUT2D eigenvalue weighted by Crippen LogP contribution is -2.24. The molecule has 1 aromatic rings. The number of hydrogen-bond acceptors (Lipinski definition) is 3. The zero-order valence-corrected chi connectivity index (χ0v) is 9.52. The average molecular weight is 219 g/mol. The Morgan fingerprint density at radius 2 is 2.56 bits per heavy atom. The predicted molar refractivity (Wildman–Crippen MR) is 59.3 cm³/mol. The van der Waals surface area contributed by atoms with Crippen LogP contribution in [0, 0.1) is 22.7 Å². The first-order valence-electron chi connectivity index (χ1n) is 5.84. The molecule has 16 heavy (non-hydrogen) atoms. The van der Waals surface area contributed by atoms with Crippen molar-refractivity contribution in [3.63, 3.8) is 0 Å². The molecular formula is C13H17NO2. The van der Waals surface area contributed by atoms with Crippen LogP contribution in [0.3, 0.4) is 0 Å². The molecule has 1 aromatic heterocycles. The van der Waals surface area contributed by atoms with E-state index < -0.39 is 11.5 Å². The second-order valence-electron chi connectivity index (χ2n) is 4.70. The standard InChI is InChI=1S/C13H17NO2/c1-2-10-5-6-13(8-10,9-14)12(15)11-4-3-7-16-11/h3-4,7,10,12,15H,2,5-6,8H2,1H3. The Labute approximate surface area is 95.7 Å². The van der Waals surface area contributed by atoms with Gasteiger partial charge in [0.15, 0.2) is 0 Å². The van der Waals surface area contributed by atoms with Crippen molar-refractivity contribution in [3.05, 3.63) is 24.2 Å². The topological polar surface area (TPSA) is 57.2 Å². The number of aliphatic hydroxyl groups excluding tert-OH is 1. The van der Waals surface area contributed by atoms with Gasteiger partial charge < -0.3 is 9.52 Å². The third-order valence-electron chi connectivity index (χ3n) is 3.79. The predicted octanol–water partition coefficient (Wildman–Crippen LogP) is 3.03. The summed E-state index contributed by atoms with van der Waals surface area (Å²) in [5.41, 5.74) is -0.640. The average Bonchev–Trinajstić information content (AvgIpc) is 2.98. The van der Waals surface area contributed by atoms with E-state index >= 15 is 0 Å². The van der Waals surface area contributed by atoms with Gasteiger partial charge in [0.2, 0.25) is 0 Å². The van der Waals surface area contributed by atoms with E-state index in [1.807, 2.05) is 0 Å². The second-order valence-corrected chi connectivity index (χ2v) is 4.70. The first-order valence-corrected chi connectivity index (χ1v) is 5.84. The fourth-order valence-electron chi connectivity index (χ4n) is 2.66. The van der Waals surface area contributed by atoms with Crippen LogP contribution in [0.25, 0.3) is 0 Å². The number of furan rings is 1. The maximum absolute atomic E-state index is 10.3. The summed E-state index contributed by atoms with van der Waals surface area (Å²) < 4.78 is 5.20. The molecule has 0 radical (unpaired) electrons. The monoisotopic (exact) mass is 219 g/mol. The summed E-state index contributed by atoms with van der Waals surface area (Å²) >= 11 is 0. The van der Waals surface area contributed by atoms with Gasteiger partial charge in [0, 0.05) is 0 Å². The first-order chi connectivity index (χ1) is 7.72. The third kappa shape index (κ3) is 1.74. The molecule has 1 aliphatic carbocycles. The summed E-state index contributed by atoms with van der Waals surface area (Å²) in [6.45, 7) is 2.14. The van der Waals surface area contributed by atoms with Crippen molar-refractivity contribution < 1.29 is 9.52 Å². The Kier molecular flexibility index (Phi) is 3.02. The van der Waals surface area contributed by atoms with Gasteiger partial charge in [0.05, 0.1) is 17.7 Å². The van der Waals surface area contributed by atoms with E-state index in [4.69, 9.17) is 4.42 Å². The smallest absolute Gasteiger partial charge is 0.133 e. The summed E-state index contributed by atoms with van der Waals surface area (Å²) in [6.07, 6.45) is 4.40. The molecule has 1 saturated carbocycles. The maximum atomic E-state index is 10.3. The van der Waals surface area contributed by atoms with Crippen LogP contribution in [0.2, 0.25) is 0 Å². The van der Waals surface area contributed by atoms with E-state index in [2.05, 4.69) is 13.0 Å². The van der Waals surface area contributed by atoms with E-state index in [1.165, 1.54) is 6.26 Å². The van der Waals surface area contributed by atoms with Crippen molar-refractivity contribution in [2.45, 2.75) is 38.7 Å². The molecule has 0 spiro atoms. The summed E-state index contributed by atoms with van der Waals surface area (Å²) in [6, 6.07) is 5.80. The number of nitriles is 1. The molecule has 3 heteroatoms. The summed E-state index contributed by atoms with van der Waals surface area (Å²) in [5, 5.41) is 19.6. The molecule has 1 aliphatic rings. The maximum Gasteiger partial charge on any atom is 0.133 e. The SMILES string of the molecule is CCC1CCC(C#N)(C(O)c2ccco2)C1. The fraction of sp³-hybridized carbons (Fsp3) is 0.615. The highest BCUT2D eigenvalue weighted by atomic mass is 16.4. The number of nitrogens with zero attached hydrogens (tertiary/aromatic N) is 1. The van der Waals surface area contributed by atoms with Gasteiger partial charge in [0.1, 0.15) is 11.9 Å². The van der Waals surface area contributed by atoms with Gasteiger partial charge in [-0.05, 0) is 37.3 Å². The molecule has 86 valence electrons. The number of aliphatic hydroxyl groups is 1. The van der Waals surface area contributed by atoms with Gasteiger partial charge in [0.25, 0.3) is 0 Å². The van der Waals surface area contributed by atoms with Crippen LogP contribution in [0.15, 0.2) is 22.8 Å². The van der Waals surface area contributed by atoms with Gasteiger partial charge in [-0.3, -0.25) is 0 Å². The highest BCUT2D eigenvalue weighted by Crippen LogP contribution is 2.50. The molecule has 1 heterocycles. The van der Waals surface area contributed by atoms with Crippen molar-refractivity contribution in [3.8, 4) is 6.07 Å². The minimum atomic E-state index is -0.788. The van der Waals surface area contributed by atoms with Crippen molar-refractivity contribution in [2.75, 3.05) is 0 Å². The zero-order valence-electron chi connectivity index (χ0n) is 9.52. The molecule has 1 fully saturated rings. The Morgan fingerprint density at radius 1 is 1.75 bits per heavy atom. The van der Waals surface area contributed by atoms with Crippen LogP contribution >= 0.6 is 0 Å². The van der Waals surface area contributed by atoms with E-state index in [-0.39, 0.29) is 0 Å². The van der Waals surface area contributed by atoms with Gasteiger partial charge in [-0.25, -0.2) is 0 Å². The van der Waals surface area contributed by atoms with Crippen LogP contribution < -0.4 is 0 Å². The fourth-order valence-corrected chi connectivity index (χ4v) is 2.66. The highest BCUT2D eigenvalue weighted by molar-refractivity contribution is 5.16.